The second-order valence-corrected chi connectivity index (χ2v) is 8.19. The zero-order chi connectivity index (χ0) is 15.8. The number of hydrogen-bond donors (Lipinski definition) is 0. The Morgan fingerprint density at radius 2 is 2.09 bits per heavy atom. The molecule has 0 N–H and O–H groups in total. The first-order valence-corrected chi connectivity index (χ1v) is 10.0. The molecule has 3 aromatic rings. The highest BCUT2D eigenvalue weighted by Crippen LogP contribution is 2.34. The van der Waals surface area contributed by atoms with E-state index < -0.39 is 0 Å². The van der Waals surface area contributed by atoms with Crippen molar-refractivity contribution in [2.75, 3.05) is 0 Å². The predicted octanol–water partition coefficient (Wildman–Crippen LogP) is 4.92. The summed E-state index contributed by atoms with van der Waals surface area (Å²) in [6.07, 6.45) is 6.64. The lowest BCUT2D eigenvalue weighted by Crippen LogP contribution is -2.11. The topological polar surface area (TPSA) is 34.9 Å². The van der Waals surface area contributed by atoms with Gasteiger partial charge in [0.25, 0.3) is 0 Å². The van der Waals surface area contributed by atoms with Gasteiger partial charge in [0, 0.05) is 23.1 Å². The number of thiophene rings is 1. The van der Waals surface area contributed by atoms with Gasteiger partial charge in [-0.2, -0.15) is 0 Å². The highest BCUT2D eigenvalue weighted by Gasteiger charge is 2.19. The van der Waals surface area contributed by atoms with E-state index in [4.69, 9.17) is 4.98 Å². The van der Waals surface area contributed by atoms with Gasteiger partial charge in [-0.05, 0) is 31.2 Å². The van der Waals surface area contributed by atoms with Crippen LogP contribution in [0.15, 0.2) is 27.7 Å². The van der Waals surface area contributed by atoms with Gasteiger partial charge in [0.1, 0.15) is 0 Å². The number of thiazole rings is 1. The SMILES string of the molecule is Cc1cc(=O)c2sccc2n1Cc1csc(C2CCCCC2)n1. The van der Waals surface area contributed by atoms with Gasteiger partial charge < -0.3 is 4.57 Å². The molecular formula is C18H20N2OS2. The summed E-state index contributed by atoms with van der Waals surface area (Å²) in [6.45, 7) is 2.76. The molecule has 3 aromatic heterocycles. The Hall–Kier alpha value is -1.46. The Balaban J connectivity index is 1.65. The fraction of sp³-hybridized carbons (Fsp3) is 0.444. The average Bonchev–Trinajstić information content (AvgIpc) is 3.22. The first-order valence-electron chi connectivity index (χ1n) is 8.24. The van der Waals surface area contributed by atoms with Gasteiger partial charge >= 0.3 is 0 Å². The zero-order valence-corrected chi connectivity index (χ0v) is 14.9. The zero-order valence-electron chi connectivity index (χ0n) is 13.2. The van der Waals surface area contributed by atoms with Crippen molar-refractivity contribution < 1.29 is 0 Å². The monoisotopic (exact) mass is 344 g/mol. The van der Waals surface area contributed by atoms with Crippen molar-refractivity contribution in [3.8, 4) is 0 Å². The third-order valence-electron chi connectivity index (χ3n) is 4.77. The fourth-order valence-electron chi connectivity index (χ4n) is 3.53. The highest BCUT2D eigenvalue weighted by molar-refractivity contribution is 7.17. The maximum Gasteiger partial charge on any atom is 0.199 e. The molecular weight excluding hydrogens is 324 g/mol. The van der Waals surface area contributed by atoms with Crippen molar-refractivity contribution in [2.24, 2.45) is 0 Å². The summed E-state index contributed by atoms with van der Waals surface area (Å²) in [6, 6.07) is 3.79. The molecule has 1 aliphatic carbocycles. The number of fused-ring (bicyclic) bond motifs is 1. The first-order chi connectivity index (χ1) is 11.2. The number of aromatic nitrogens is 2. The van der Waals surface area contributed by atoms with Crippen LogP contribution in [0.2, 0.25) is 0 Å². The van der Waals surface area contributed by atoms with E-state index in [0.29, 0.717) is 5.92 Å². The highest BCUT2D eigenvalue weighted by atomic mass is 32.1. The van der Waals surface area contributed by atoms with Crippen molar-refractivity contribution in [1.82, 2.24) is 9.55 Å². The maximum atomic E-state index is 12.1. The lowest BCUT2D eigenvalue weighted by molar-refractivity contribution is 0.442. The molecule has 4 rings (SSSR count). The molecule has 3 heterocycles. The number of pyridine rings is 1. The van der Waals surface area contributed by atoms with E-state index >= 15 is 0 Å². The van der Waals surface area contributed by atoms with Gasteiger partial charge in [0.15, 0.2) is 5.43 Å². The summed E-state index contributed by atoms with van der Waals surface area (Å²) in [5.74, 6) is 0.666. The van der Waals surface area contributed by atoms with Crippen LogP contribution in [0, 0.1) is 6.92 Å². The Morgan fingerprint density at radius 1 is 1.26 bits per heavy atom. The molecule has 23 heavy (non-hydrogen) atoms. The Labute approximate surface area is 143 Å². The molecule has 0 amide bonds. The van der Waals surface area contributed by atoms with Crippen molar-refractivity contribution in [1.29, 1.82) is 0 Å². The summed E-state index contributed by atoms with van der Waals surface area (Å²) >= 11 is 3.33. The second kappa shape index (κ2) is 6.21. The summed E-state index contributed by atoms with van der Waals surface area (Å²) in [5, 5.41) is 5.50. The molecule has 5 heteroatoms. The molecule has 0 atom stereocenters. The smallest absolute Gasteiger partial charge is 0.199 e. The summed E-state index contributed by atoms with van der Waals surface area (Å²) in [4.78, 5) is 17.0. The lowest BCUT2D eigenvalue weighted by atomic mass is 9.90. The molecule has 0 aromatic carbocycles. The lowest BCUT2D eigenvalue weighted by Gasteiger charge is -2.19. The van der Waals surface area contributed by atoms with E-state index in [-0.39, 0.29) is 5.43 Å². The maximum absolute atomic E-state index is 12.1. The fourth-order valence-corrected chi connectivity index (χ4v) is 5.32. The van der Waals surface area contributed by atoms with Crippen molar-refractivity contribution >= 4 is 32.9 Å². The van der Waals surface area contributed by atoms with Crippen LogP contribution in [0.5, 0.6) is 0 Å². The third-order valence-corrected chi connectivity index (χ3v) is 6.74. The molecule has 120 valence electrons. The normalized spacial score (nSPS) is 16.2. The minimum atomic E-state index is 0.130. The number of hydrogen-bond acceptors (Lipinski definition) is 4. The summed E-state index contributed by atoms with van der Waals surface area (Å²) in [5.41, 5.74) is 3.29. The van der Waals surface area contributed by atoms with E-state index in [2.05, 4.69) is 9.95 Å². The second-order valence-electron chi connectivity index (χ2n) is 6.38. The summed E-state index contributed by atoms with van der Waals surface area (Å²) in [7, 11) is 0. The number of aryl methyl sites for hydroxylation is 1. The number of nitrogens with zero attached hydrogens (tertiary/aromatic N) is 2. The van der Waals surface area contributed by atoms with E-state index in [0.717, 1.165) is 28.1 Å². The minimum Gasteiger partial charge on any atom is -0.338 e. The molecule has 0 unspecified atom stereocenters. The van der Waals surface area contributed by atoms with Crippen LogP contribution in [-0.2, 0) is 6.54 Å². The van der Waals surface area contributed by atoms with Gasteiger partial charge in [-0.15, -0.1) is 22.7 Å². The third kappa shape index (κ3) is 2.88. The van der Waals surface area contributed by atoms with E-state index in [1.54, 1.807) is 6.07 Å². The first kappa shape index (κ1) is 15.1. The van der Waals surface area contributed by atoms with Gasteiger partial charge in [0.2, 0.25) is 0 Å². The molecule has 1 saturated carbocycles. The Kier molecular flexibility index (Phi) is 4.07. The van der Waals surface area contributed by atoms with Crippen LogP contribution in [0.4, 0.5) is 0 Å². The minimum absolute atomic E-state index is 0.130. The van der Waals surface area contributed by atoms with Crippen LogP contribution in [0.3, 0.4) is 0 Å². The molecule has 0 saturated heterocycles. The molecule has 0 spiro atoms. The van der Waals surface area contributed by atoms with Crippen LogP contribution < -0.4 is 5.43 Å². The molecule has 1 aliphatic rings. The predicted molar refractivity (Wildman–Crippen MR) is 97.9 cm³/mol. The quantitative estimate of drug-likeness (QED) is 0.675. The van der Waals surface area contributed by atoms with E-state index in [9.17, 15) is 4.79 Å². The Bertz CT molecular complexity index is 884. The molecule has 3 nitrogen and oxygen atoms in total. The van der Waals surface area contributed by atoms with Crippen LogP contribution in [0.25, 0.3) is 10.2 Å². The largest absolute Gasteiger partial charge is 0.338 e. The molecule has 0 bridgehead atoms. The van der Waals surface area contributed by atoms with Gasteiger partial charge in [-0.3, -0.25) is 4.79 Å². The molecule has 0 radical (unpaired) electrons. The van der Waals surface area contributed by atoms with Crippen LogP contribution >= 0.6 is 22.7 Å². The van der Waals surface area contributed by atoms with Crippen molar-refractivity contribution in [3.05, 3.63) is 49.5 Å². The van der Waals surface area contributed by atoms with Crippen LogP contribution in [-0.4, -0.2) is 9.55 Å². The summed E-state index contributed by atoms with van der Waals surface area (Å²) < 4.78 is 3.06. The average molecular weight is 345 g/mol. The molecule has 1 fully saturated rings. The van der Waals surface area contributed by atoms with E-state index in [1.165, 1.54) is 48.4 Å². The van der Waals surface area contributed by atoms with Gasteiger partial charge in [-0.1, -0.05) is 19.3 Å². The van der Waals surface area contributed by atoms with Gasteiger partial charge in [-0.25, -0.2) is 4.98 Å². The number of rotatable bonds is 3. The van der Waals surface area contributed by atoms with Crippen molar-refractivity contribution in [3.63, 3.8) is 0 Å². The Morgan fingerprint density at radius 3 is 2.91 bits per heavy atom. The van der Waals surface area contributed by atoms with Crippen LogP contribution in [0.1, 0.15) is 54.4 Å². The standard InChI is InChI=1S/C18H20N2OS2/c1-12-9-16(21)17-15(7-8-22-17)20(12)10-14-11-23-18(19-14)13-5-3-2-4-6-13/h7-9,11,13H,2-6,10H2,1H3. The van der Waals surface area contributed by atoms with Gasteiger partial charge in [0.05, 0.1) is 27.5 Å². The van der Waals surface area contributed by atoms with E-state index in [1.807, 2.05) is 29.7 Å². The van der Waals surface area contributed by atoms with Crippen molar-refractivity contribution in [2.45, 2.75) is 51.5 Å². The molecule has 0 aliphatic heterocycles.